The van der Waals surface area contributed by atoms with E-state index in [2.05, 4.69) is 16.0 Å². The van der Waals surface area contributed by atoms with Crippen molar-refractivity contribution in [3.8, 4) is 0 Å². The molecule has 1 rings (SSSR count). The molecule has 1 aromatic rings. The average molecular weight is 464 g/mol. The Balaban J connectivity index is 2.64. The van der Waals surface area contributed by atoms with Gasteiger partial charge in [-0.05, 0) is 24.3 Å². The molecule has 33 heavy (non-hydrogen) atoms. The summed E-state index contributed by atoms with van der Waals surface area (Å²) in [6.45, 7) is 3.08. The molecule has 0 saturated carbocycles. The molecule has 182 valence electrons. The summed E-state index contributed by atoms with van der Waals surface area (Å²) >= 11 is 0. The first kappa shape index (κ1) is 27.6. The van der Waals surface area contributed by atoms with Crippen molar-refractivity contribution in [2.75, 3.05) is 13.1 Å². The van der Waals surface area contributed by atoms with Crippen LogP contribution in [0.5, 0.6) is 0 Å². The molecular formula is C22H33N5O6. The largest absolute Gasteiger partial charge is 0.459 e. The molecule has 0 unspecified atom stereocenters. The van der Waals surface area contributed by atoms with Gasteiger partial charge in [-0.2, -0.15) is 0 Å². The fourth-order valence-corrected chi connectivity index (χ4v) is 2.86. The van der Waals surface area contributed by atoms with Gasteiger partial charge in [0.05, 0.1) is 13.1 Å². The summed E-state index contributed by atoms with van der Waals surface area (Å²) in [7, 11) is 0. The van der Waals surface area contributed by atoms with E-state index in [0.717, 1.165) is 5.56 Å². The minimum absolute atomic E-state index is 0.0453. The van der Waals surface area contributed by atoms with Crippen molar-refractivity contribution in [2.45, 2.75) is 51.8 Å². The lowest BCUT2D eigenvalue weighted by molar-refractivity contribution is -0.149. The van der Waals surface area contributed by atoms with Gasteiger partial charge in [0, 0.05) is 6.42 Å². The molecule has 2 atom stereocenters. The van der Waals surface area contributed by atoms with Gasteiger partial charge in [0.1, 0.15) is 18.7 Å². The minimum Gasteiger partial charge on any atom is -0.459 e. The van der Waals surface area contributed by atoms with Crippen molar-refractivity contribution in [1.82, 2.24) is 16.0 Å². The molecule has 0 aliphatic rings. The molecule has 7 N–H and O–H groups in total. The van der Waals surface area contributed by atoms with E-state index in [-0.39, 0.29) is 31.9 Å². The van der Waals surface area contributed by atoms with E-state index in [9.17, 15) is 24.0 Å². The van der Waals surface area contributed by atoms with E-state index in [1.54, 1.807) is 0 Å². The van der Waals surface area contributed by atoms with E-state index < -0.39 is 48.2 Å². The Morgan fingerprint density at radius 1 is 0.970 bits per heavy atom. The van der Waals surface area contributed by atoms with Gasteiger partial charge in [-0.25, -0.2) is 4.79 Å². The Morgan fingerprint density at radius 2 is 1.61 bits per heavy atom. The lowest BCUT2D eigenvalue weighted by atomic mass is 10.0. The van der Waals surface area contributed by atoms with Gasteiger partial charge in [-0.3, -0.25) is 19.2 Å². The highest BCUT2D eigenvalue weighted by atomic mass is 16.5. The van der Waals surface area contributed by atoms with Gasteiger partial charge >= 0.3 is 5.97 Å². The van der Waals surface area contributed by atoms with Gasteiger partial charge in [-0.1, -0.05) is 44.2 Å². The smallest absolute Gasteiger partial charge is 0.328 e. The highest BCUT2D eigenvalue weighted by Crippen LogP contribution is 2.09. The second-order valence-corrected chi connectivity index (χ2v) is 7.89. The van der Waals surface area contributed by atoms with Crippen LogP contribution in [0.4, 0.5) is 0 Å². The number of carbonyl (C=O) groups is 5. The Morgan fingerprint density at radius 3 is 2.18 bits per heavy atom. The highest BCUT2D eigenvalue weighted by Gasteiger charge is 2.25. The van der Waals surface area contributed by atoms with E-state index in [4.69, 9.17) is 16.2 Å². The molecule has 0 bridgehead atoms. The summed E-state index contributed by atoms with van der Waals surface area (Å²) in [5.74, 6) is -3.01. The second kappa shape index (κ2) is 14.6. The van der Waals surface area contributed by atoms with Crippen LogP contribution >= 0.6 is 0 Å². The molecular weight excluding hydrogens is 430 g/mol. The predicted octanol–water partition coefficient (Wildman–Crippen LogP) is -0.914. The van der Waals surface area contributed by atoms with Crippen molar-refractivity contribution in [2.24, 2.45) is 17.4 Å². The number of nitrogens with one attached hydrogen (secondary N) is 3. The van der Waals surface area contributed by atoms with Gasteiger partial charge in [0.25, 0.3) is 0 Å². The normalized spacial score (nSPS) is 12.4. The van der Waals surface area contributed by atoms with Crippen LogP contribution in [0.25, 0.3) is 0 Å². The van der Waals surface area contributed by atoms with Crippen LogP contribution in [0.15, 0.2) is 30.3 Å². The maximum Gasteiger partial charge on any atom is 0.328 e. The highest BCUT2D eigenvalue weighted by molar-refractivity contribution is 5.92. The molecule has 0 fully saturated rings. The Bertz CT molecular complexity index is 815. The molecule has 0 aliphatic heterocycles. The fourth-order valence-electron chi connectivity index (χ4n) is 2.86. The number of ether oxygens (including phenoxy) is 1. The lowest BCUT2D eigenvalue weighted by Crippen LogP contribution is -2.52. The van der Waals surface area contributed by atoms with Crippen LogP contribution in [0, 0.1) is 5.92 Å². The number of esters is 1. The summed E-state index contributed by atoms with van der Waals surface area (Å²) in [6, 6.07) is 7.16. The predicted molar refractivity (Wildman–Crippen MR) is 120 cm³/mol. The molecule has 0 spiro atoms. The monoisotopic (exact) mass is 463 g/mol. The standard InChI is InChI=1S/C22H33N5O6/c1-14(2)10-17(22(32)33-13-15-6-4-3-5-7-15)27-20(30)12-25-21(31)16(8-9-18(24)28)26-19(29)11-23/h3-7,14,16-17H,8-13,23H2,1-2H3,(H2,24,28)(H,25,31)(H,26,29)(H,27,30)/t16-,17-/m0/s1. The Kier molecular flexibility index (Phi) is 12.2. The van der Waals surface area contributed by atoms with Gasteiger partial charge in [-0.15, -0.1) is 0 Å². The zero-order chi connectivity index (χ0) is 24.8. The third-order valence-electron chi connectivity index (χ3n) is 4.49. The lowest BCUT2D eigenvalue weighted by Gasteiger charge is -2.21. The topological polar surface area (TPSA) is 183 Å². The number of rotatable bonds is 14. The SMILES string of the molecule is CC(C)C[C@H](NC(=O)CNC(=O)[C@H](CCC(N)=O)NC(=O)CN)C(=O)OCc1ccccc1. The summed E-state index contributed by atoms with van der Waals surface area (Å²) in [4.78, 5) is 59.8. The first-order valence-corrected chi connectivity index (χ1v) is 10.7. The first-order valence-electron chi connectivity index (χ1n) is 10.7. The number of hydrogen-bond acceptors (Lipinski definition) is 7. The summed E-state index contributed by atoms with van der Waals surface area (Å²) in [5.41, 5.74) is 11.1. The van der Waals surface area contributed by atoms with Crippen LogP contribution < -0.4 is 27.4 Å². The quantitative estimate of drug-likeness (QED) is 0.221. The third-order valence-corrected chi connectivity index (χ3v) is 4.49. The van der Waals surface area contributed by atoms with Gasteiger partial charge in [0.2, 0.25) is 23.6 Å². The molecule has 11 nitrogen and oxygen atoms in total. The summed E-state index contributed by atoms with van der Waals surface area (Å²) < 4.78 is 5.32. The first-order chi connectivity index (χ1) is 15.6. The van der Waals surface area contributed by atoms with Crippen LogP contribution in [-0.4, -0.2) is 54.8 Å². The molecule has 0 heterocycles. The van der Waals surface area contributed by atoms with E-state index in [1.807, 2.05) is 44.2 Å². The summed E-state index contributed by atoms with van der Waals surface area (Å²) in [6.07, 6.45) is 0.163. The number of primary amides is 1. The third kappa shape index (κ3) is 11.6. The summed E-state index contributed by atoms with van der Waals surface area (Å²) in [5, 5.41) is 7.33. The second-order valence-electron chi connectivity index (χ2n) is 7.89. The molecule has 0 saturated heterocycles. The molecule has 4 amide bonds. The van der Waals surface area contributed by atoms with Crippen molar-refractivity contribution in [1.29, 1.82) is 0 Å². The van der Waals surface area contributed by atoms with Gasteiger partial charge in [0.15, 0.2) is 0 Å². The van der Waals surface area contributed by atoms with E-state index in [1.165, 1.54) is 0 Å². The molecule has 0 aromatic heterocycles. The maximum absolute atomic E-state index is 12.5. The van der Waals surface area contributed by atoms with Crippen molar-refractivity contribution >= 4 is 29.6 Å². The zero-order valence-corrected chi connectivity index (χ0v) is 19.0. The number of benzene rings is 1. The molecule has 1 aromatic carbocycles. The van der Waals surface area contributed by atoms with E-state index >= 15 is 0 Å². The van der Waals surface area contributed by atoms with Crippen molar-refractivity contribution in [3.05, 3.63) is 35.9 Å². The Labute approximate surface area is 193 Å². The minimum atomic E-state index is -1.08. The molecule has 11 heteroatoms. The maximum atomic E-state index is 12.5. The van der Waals surface area contributed by atoms with Crippen LogP contribution in [0.2, 0.25) is 0 Å². The van der Waals surface area contributed by atoms with Crippen LogP contribution in [0.1, 0.15) is 38.7 Å². The van der Waals surface area contributed by atoms with Crippen molar-refractivity contribution in [3.63, 3.8) is 0 Å². The van der Waals surface area contributed by atoms with Crippen LogP contribution in [-0.2, 0) is 35.3 Å². The van der Waals surface area contributed by atoms with Crippen molar-refractivity contribution < 1.29 is 28.7 Å². The number of hydrogen-bond donors (Lipinski definition) is 5. The van der Waals surface area contributed by atoms with Gasteiger partial charge < -0.3 is 32.2 Å². The molecule has 0 aliphatic carbocycles. The average Bonchev–Trinajstić information content (AvgIpc) is 2.78. The zero-order valence-electron chi connectivity index (χ0n) is 19.0. The number of nitrogens with two attached hydrogens (primary N) is 2. The molecule has 0 radical (unpaired) electrons. The Hall–Kier alpha value is -3.47. The van der Waals surface area contributed by atoms with Crippen LogP contribution in [0.3, 0.4) is 0 Å². The fraction of sp³-hybridized carbons (Fsp3) is 0.500. The number of amides is 4. The van der Waals surface area contributed by atoms with E-state index in [0.29, 0.717) is 6.42 Å². The number of carbonyl (C=O) groups excluding carboxylic acids is 5.